The van der Waals surface area contributed by atoms with E-state index in [-0.39, 0.29) is 59.0 Å². The molecular formula is C34H55N5O10. The van der Waals surface area contributed by atoms with E-state index in [1.165, 1.54) is 19.6 Å². The van der Waals surface area contributed by atoms with E-state index < -0.39 is 59.7 Å². The lowest BCUT2D eigenvalue weighted by molar-refractivity contribution is -0.135. The van der Waals surface area contributed by atoms with E-state index in [9.17, 15) is 29.1 Å². The van der Waals surface area contributed by atoms with Gasteiger partial charge in [0.1, 0.15) is 29.5 Å². The molecule has 1 unspecified atom stereocenters. The highest BCUT2D eigenvalue weighted by molar-refractivity contribution is 5.86. The third-order valence-corrected chi connectivity index (χ3v) is 6.81. The molecule has 15 heteroatoms. The van der Waals surface area contributed by atoms with Crippen LogP contribution in [-0.2, 0) is 30.3 Å². The summed E-state index contributed by atoms with van der Waals surface area (Å²) in [5.41, 5.74) is -1.69. The fourth-order valence-corrected chi connectivity index (χ4v) is 4.47. The zero-order chi connectivity index (χ0) is 37.0. The van der Waals surface area contributed by atoms with E-state index in [0.29, 0.717) is 0 Å². The van der Waals surface area contributed by atoms with Gasteiger partial charge in [0.2, 0.25) is 5.91 Å². The van der Waals surface area contributed by atoms with Crippen molar-refractivity contribution in [3.8, 4) is 0 Å². The number of nitrogens with one attached hydrogen (secondary N) is 1. The highest BCUT2D eigenvalue weighted by atomic mass is 16.6. The Labute approximate surface area is 289 Å². The van der Waals surface area contributed by atoms with Gasteiger partial charge in [-0.05, 0) is 67.9 Å². The van der Waals surface area contributed by atoms with Crippen molar-refractivity contribution in [3.63, 3.8) is 0 Å². The molecule has 15 nitrogen and oxygen atoms in total. The van der Waals surface area contributed by atoms with E-state index in [1.54, 1.807) is 86.6 Å². The first-order chi connectivity index (χ1) is 22.7. The van der Waals surface area contributed by atoms with Crippen LogP contribution in [0.25, 0.3) is 0 Å². The highest BCUT2D eigenvalue weighted by Crippen LogP contribution is 2.15. The van der Waals surface area contributed by atoms with Crippen LogP contribution < -0.4 is 5.32 Å². The minimum Gasteiger partial charge on any atom is -0.445 e. The molecule has 1 aliphatic heterocycles. The number of amides is 5. The van der Waals surface area contributed by atoms with Gasteiger partial charge in [-0.2, -0.15) is 0 Å². The smallest absolute Gasteiger partial charge is 0.410 e. The maximum absolute atomic E-state index is 13.8. The Hall–Kier alpha value is -4.27. The zero-order valence-corrected chi connectivity index (χ0v) is 30.4. The summed E-state index contributed by atoms with van der Waals surface area (Å²) in [5, 5.41) is 12.5. The van der Waals surface area contributed by atoms with Crippen molar-refractivity contribution in [2.24, 2.45) is 0 Å². The second-order valence-electron chi connectivity index (χ2n) is 14.7. The first-order valence-electron chi connectivity index (χ1n) is 16.5. The molecule has 1 heterocycles. The molecule has 0 bridgehead atoms. The molecule has 2 N–H and O–H groups in total. The molecular weight excluding hydrogens is 638 g/mol. The molecule has 0 spiro atoms. The number of carbonyl (C=O) groups is 5. The number of nitrogens with zero attached hydrogens (tertiary/aromatic N) is 4. The number of aliphatic hydroxyl groups excluding tert-OH is 1. The normalized spacial score (nSPS) is 16.0. The van der Waals surface area contributed by atoms with Gasteiger partial charge >= 0.3 is 24.4 Å². The first kappa shape index (κ1) is 40.9. The second kappa shape index (κ2) is 17.9. The molecule has 0 aliphatic carbocycles. The van der Waals surface area contributed by atoms with Crippen LogP contribution in [0.2, 0.25) is 0 Å². The summed E-state index contributed by atoms with van der Waals surface area (Å²) in [6.45, 7) is 14.8. The van der Waals surface area contributed by atoms with E-state index in [1.807, 2.05) is 6.07 Å². The third kappa shape index (κ3) is 15.7. The molecule has 0 saturated carbocycles. The Morgan fingerprint density at radius 2 is 0.980 bits per heavy atom. The Morgan fingerprint density at radius 3 is 1.31 bits per heavy atom. The molecule has 1 atom stereocenters. The Bertz CT molecular complexity index is 1210. The van der Waals surface area contributed by atoms with Gasteiger partial charge in [-0.15, -0.1) is 0 Å². The summed E-state index contributed by atoms with van der Waals surface area (Å²) in [4.78, 5) is 71.7. The number of benzene rings is 1. The largest absolute Gasteiger partial charge is 0.445 e. The van der Waals surface area contributed by atoms with Crippen molar-refractivity contribution in [2.75, 3.05) is 59.0 Å². The molecule has 5 amide bonds. The van der Waals surface area contributed by atoms with E-state index >= 15 is 0 Å². The lowest BCUT2D eigenvalue weighted by atomic mass is 10.2. The van der Waals surface area contributed by atoms with Crippen molar-refractivity contribution >= 4 is 30.3 Å². The monoisotopic (exact) mass is 693 g/mol. The predicted octanol–water partition coefficient (Wildman–Crippen LogP) is 3.83. The van der Waals surface area contributed by atoms with Gasteiger partial charge < -0.3 is 49.0 Å². The van der Waals surface area contributed by atoms with Crippen LogP contribution >= 0.6 is 0 Å². The van der Waals surface area contributed by atoms with E-state index in [0.717, 1.165) is 5.56 Å². The number of carbonyl (C=O) groups excluding carboxylic acids is 5. The van der Waals surface area contributed by atoms with Gasteiger partial charge in [-0.3, -0.25) is 4.79 Å². The summed E-state index contributed by atoms with van der Waals surface area (Å²) >= 11 is 0. The number of hydrogen-bond acceptors (Lipinski definition) is 10. The lowest BCUT2D eigenvalue weighted by Crippen LogP contribution is -2.55. The fourth-order valence-electron chi connectivity index (χ4n) is 4.47. The maximum atomic E-state index is 13.8. The van der Waals surface area contributed by atoms with Crippen molar-refractivity contribution in [1.29, 1.82) is 0 Å². The zero-order valence-electron chi connectivity index (χ0n) is 30.4. The summed E-state index contributed by atoms with van der Waals surface area (Å²) in [7, 11) is 0. The lowest BCUT2D eigenvalue weighted by Gasteiger charge is -2.36. The molecule has 1 saturated heterocycles. The first-order valence-corrected chi connectivity index (χ1v) is 16.5. The van der Waals surface area contributed by atoms with Gasteiger partial charge in [0.15, 0.2) is 0 Å². The Morgan fingerprint density at radius 1 is 0.633 bits per heavy atom. The topological polar surface area (TPSA) is 167 Å². The van der Waals surface area contributed by atoms with Crippen LogP contribution in [-0.4, -0.2) is 137 Å². The second-order valence-corrected chi connectivity index (χ2v) is 14.7. The fraction of sp³-hybridized carbons (Fsp3) is 0.676. The molecule has 1 fully saturated rings. The van der Waals surface area contributed by atoms with Crippen molar-refractivity contribution in [3.05, 3.63) is 35.9 Å². The summed E-state index contributed by atoms with van der Waals surface area (Å²) in [6.07, 6.45) is -2.83. The van der Waals surface area contributed by atoms with Gasteiger partial charge in [0, 0.05) is 52.4 Å². The summed E-state index contributed by atoms with van der Waals surface area (Å²) < 4.78 is 22.1. The molecule has 276 valence electrons. The summed E-state index contributed by atoms with van der Waals surface area (Å²) in [5.74, 6) is -0.653. The Balaban J connectivity index is 2.37. The minimum atomic E-state index is -1.37. The van der Waals surface area contributed by atoms with Gasteiger partial charge in [0.25, 0.3) is 0 Å². The van der Waals surface area contributed by atoms with Crippen LogP contribution in [0, 0.1) is 0 Å². The molecule has 2 rings (SSSR count). The van der Waals surface area contributed by atoms with Gasteiger partial charge in [-0.25, -0.2) is 19.2 Å². The molecule has 0 radical (unpaired) electrons. The number of aliphatic hydroxyl groups is 1. The number of ether oxygens (including phenoxy) is 4. The van der Waals surface area contributed by atoms with Gasteiger partial charge in [-0.1, -0.05) is 30.3 Å². The maximum Gasteiger partial charge on any atom is 0.410 e. The molecule has 49 heavy (non-hydrogen) atoms. The molecule has 1 aromatic rings. The molecule has 1 aromatic carbocycles. The van der Waals surface area contributed by atoms with Crippen LogP contribution in [0.3, 0.4) is 0 Å². The highest BCUT2D eigenvalue weighted by Gasteiger charge is 2.32. The van der Waals surface area contributed by atoms with Crippen molar-refractivity contribution < 1.29 is 48.0 Å². The predicted molar refractivity (Wildman–Crippen MR) is 181 cm³/mol. The van der Waals surface area contributed by atoms with E-state index in [4.69, 9.17) is 18.9 Å². The van der Waals surface area contributed by atoms with Crippen LogP contribution in [0.1, 0.15) is 67.9 Å². The van der Waals surface area contributed by atoms with Crippen molar-refractivity contribution in [2.45, 2.75) is 91.8 Å². The average molecular weight is 694 g/mol. The van der Waals surface area contributed by atoms with Gasteiger partial charge in [0.05, 0.1) is 6.61 Å². The van der Waals surface area contributed by atoms with Crippen LogP contribution in [0.4, 0.5) is 19.2 Å². The average Bonchev–Trinajstić information content (AvgIpc) is 2.96. The standard InChI is InChI=1S/C34H55N5O10/c1-32(2,3)47-29(43)37-17-15-36(27(41)26(23-40)35-28(42)46-24-25-13-11-10-12-14-25)16-18-38(30(44)48-33(4,5)6)20-22-39(21-19-37)31(45)49-34(7,8)9/h10-14,26,40H,15-24H2,1-9H3,(H,35,42). The quantitative estimate of drug-likeness (QED) is 0.433. The Kier molecular flexibility index (Phi) is 15.0. The van der Waals surface area contributed by atoms with E-state index in [2.05, 4.69) is 5.32 Å². The minimum absolute atomic E-state index is 0.0220. The number of hydrogen-bond donors (Lipinski definition) is 2. The van der Waals surface area contributed by atoms with Crippen LogP contribution in [0.5, 0.6) is 0 Å². The van der Waals surface area contributed by atoms with Crippen LogP contribution in [0.15, 0.2) is 30.3 Å². The third-order valence-electron chi connectivity index (χ3n) is 6.81. The molecule has 1 aliphatic rings. The summed E-state index contributed by atoms with van der Waals surface area (Å²) in [6, 6.07) is 7.60. The molecule has 0 aromatic heterocycles. The van der Waals surface area contributed by atoms with Crippen molar-refractivity contribution in [1.82, 2.24) is 24.9 Å². The number of alkyl carbamates (subject to hydrolysis) is 1. The SMILES string of the molecule is CC(C)(C)OC(=O)N1CCN(C(=O)OC(C)(C)C)CCN(C(=O)C(CO)NC(=O)OCc2ccccc2)CCN(C(=O)OC(C)(C)C)CC1. The number of rotatable bonds is 5.